The quantitative estimate of drug-likeness (QED) is 0.135. The molecule has 3 aromatic heterocycles. The van der Waals surface area contributed by atoms with Gasteiger partial charge in [-0.3, -0.25) is 0 Å². The van der Waals surface area contributed by atoms with E-state index in [4.69, 9.17) is 4.42 Å². The highest BCUT2D eigenvalue weighted by molar-refractivity contribution is 7.00. The summed E-state index contributed by atoms with van der Waals surface area (Å²) >= 11 is 0. The molecule has 0 amide bonds. The number of hydrogen-bond donors (Lipinski definition) is 0. The predicted octanol–water partition coefficient (Wildman–Crippen LogP) is 21.0. The third-order valence-corrected chi connectivity index (χ3v) is 19.4. The molecule has 0 bridgehead atoms. The second-order valence-corrected chi connectivity index (χ2v) is 24.3. The number of hydrogen-bond acceptors (Lipinski definition) is 3. The van der Waals surface area contributed by atoms with Gasteiger partial charge in [0.25, 0.3) is 6.71 Å². The fourth-order valence-corrected chi connectivity index (χ4v) is 15.4. The molecule has 5 heterocycles. The molecule has 0 unspecified atom stereocenters. The lowest BCUT2D eigenvalue weighted by Gasteiger charge is -2.46. The highest BCUT2D eigenvalue weighted by Gasteiger charge is 2.46. The maximum atomic E-state index is 6.09. The first kappa shape index (κ1) is 51.9. The van der Waals surface area contributed by atoms with Gasteiger partial charge in [-0.15, -0.1) is 0 Å². The van der Waals surface area contributed by atoms with Crippen LogP contribution in [0.2, 0.25) is 0 Å². The van der Waals surface area contributed by atoms with Crippen LogP contribution >= 0.6 is 0 Å². The maximum Gasteiger partial charge on any atom is 0.252 e. The molecule has 0 saturated carbocycles. The zero-order valence-corrected chi connectivity index (χ0v) is 50.0. The van der Waals surface area contributed by atoms with E-state index in [0.29, 0.717) is 0 Å². The summed E-state index contributed by atoms with van der Waals surface area (Å²) in [5, 5.41) is 5.93. The monoisotopic (exact) mass is 1170 g/mol. The summed E-state index contributed by atoms with van der Waals surface area (Å²) in [5.74, 6) is 0. The van der Waals surface area contributed by atoms with Crippen molar-refractivity contribution in [2.75, 3.05) is 9.80 Å². The van der Waals surface area contributed by atoms with Crippen molar-refractivity contribution in [1.82, 2.24) is 9.13 Å². The number of fused-ring (bicyclic) bond motifs is 11. The normalized spacial score (nSPS) is 12.5. The molecule has 19 rings (SSSR count). The predicted molar refractivity (Wildman–Crippen MR) is 386 cm³/mol. The van der Waals surface area contributed by atoms with Crippen molar-refractivity contribution in [2.24, 2.45) is 0 Å². The van der Waals surface area contributed by atoms with Crippen molar-refractivity contribution in [3.05, 3.63) is 334 Å². The molecule has 0 N–H and O–H groups in total. The standard InChI is InChI=1S/C86H55BN4O/c1-5-23-56(24-6-1)65-35-21-36-66(57-25-7-2-8-26-57)85(65)90-79-54-63(88-75-39-17-13-31-69(75)70-32-14-18-40-76(70)88)44-46-73(79)87-74-47-45-64(89-77-41-19-15-33-71(77)72-34-16-20-42-78(72)89)55-80(74)91(82-53-62(52-81(90)84(82)87)60-43-48-83-61(51-60)49-50-92-83)86-67(58-27-9-3-10-28-58)37-22-38-68(86)59-29-11-4-12-30-59/h1-55H. The number of para-hydroxylation sites is 6. The highest BCUT2D eigenvalue weighted by atomic mass is 16.3. The molecular weight excluding hydrogens is 1120 g/mol. The molecule has 0 radical (unpaired) electrons. The lowest BCUT2D eigenvalue weighted by Crippen LogP contribution is -2.61. The Labute approximate surface area is 532 Å². The zero-order chi connectivity index (χ0) is 60.4. The number of anilines is 6. The first-order valence-electron chi connectivity index (χ1n) is 31.7. The summed E-state index contributed by atoms with van der Waals surface area (Å²) in [5.41, 5.74) is 29.1. The Morgan fingerprint density at radius 1 is 0.261 bits per heavy atom. The van der Waals surface area contributed by atoms with Gasteiger partial charge in [0.05, 0.1) is 39.7 Å². The van der Waals surface area contributed by atoms with Crippen LogP contribution in [-0.2, 0) is 0 Å². The topological polar surface area (TPSA) is 29.5 Å². The van der Waals surface area contributed by atoms with E-state index in [-0.39, 0.29) is 6.71 Å². The van der Waals surface area contributed by atoms with E-state index in [1.807, 2.05) is 0 Å². The molecular formula is C86H55BN4O. The van der Waals surface area contributed by atoms with Crippen LogP contribution in [0.3, 0.4) is 0 Å². The van der Waals surface area contributed by atoms with Crippen molar-refractivity contribution in [1.29, 1.82) is 0 Å². The number of aromatic nitrogens is 2. The van der Waals surface area contributed by atoms with Gasteiger partial charge >= 0.3 is 0 Å². The summed E-state index contributed by atoms with van der Waals surface area (Å²) in [4.78, 5) is 5.31. The Morgan fingerprint density at radius 2 is 0.630 bits per heavy atom. The fourth-order valence-electron chi connectivity index (χ4n) is 15.4. The summed E-state index contributed by atoms with van der Waals surface area (Å²) in [6, 6.07) is 122. The summed E-state index contributed by atoms with van der Waals surface area (Å²) in [6.07, 6.45) is 1.80. The second-order valence-electron chi connectivity index (χ2n) is 24.3. The molecule has 2 aliphatic rings. The average Bonchev–Trinajstić information content (AvgIpc) is 0.933. The minimum Gasteiger partial charge on any atom is -0.464 e. The van der Waals surface area contributed by atoms with Crippen LogP contribution < -0.4 is 26.2 Å². The molecule has 6 heteroatoms. The van der Waals surface area contributed by atoms with Gasteiger partial charge in [-0.1, -0.05) is 249 Å². The Morgan fingerprint density at radius 3 is 1.02 bits per heavy atom. The maximum absolute atomic E-state index is 6.09. The Balaban J connectivity index is 0.999. The summed E-state index contributed by atoms with van der Waals surface area (Å²) in [7, 11) is 0. The van der Waals surface area contributed by atoms with Crippen LogP contribution in [0.25, 0.3) is 122 Å². The van der Waals surface area contributed by atoms with E-state index in [0.717, 1.165) is 134 Å². The molecule has 428 valence electrons. The summed E-state index contributed by atoms with van der Waals surface area (Å²) in [6.45, 7) is -0.240. The van der Waals surface area contributed by atoms with Gasteiger partial charge in [-0.2, -0.15) is 0 Å². The van der Waals surface area contributed by atoms with Crippen molar-refractivity contribution in [3.63, 3.8) is 0 Å². The average molecular weight is 1170 g/mol. The van der Waals surface area contributed by atoms with E-state index in [9.17, 15) is 0 Å². The van der Waals surface area contributed by atoms with Crippen LogP contribution in [0.5, 0.6) is 0 Å². The SMILES string of the molecule is c1ccc(-c2cccc(-c3ccccc3)c2N2c3cc(-n4c5ccccc5c5ccccc54)ccc3B3c4ccc(-n5c6ccccc6c6ccccc65)cc4N(c4c(-c5ccccc5)cccc4-c4ccccc4)c4cc(-c5ccc6occc6c5)cc2c43)cc1. The van der Waals surface area contributed by atoms with Gasteiger partial charge in [0.15, 0.2) is 0 Å². The first-order valence-corrected chi connectivity index (χ1v) is 31.7. The molecule has 14 aromatic carbocycles. The van der Waals surface area contributed by atoms with Gasteiger partial charge in [0, 0.05) is 83.3 Å². The van der Waals surface area contributed by atoms with Gasteiger partial charge < -0.3 is 23.4 Å². The molecule has 0 aliphatic carbocycles. The zero-order valence-electron chi connectivity index (χ0n) is 50.0. The third-order valence-electron chi connectivity index (χ3n) is 19.4. The number of rotatable bonds is 9. The molecule has 0 saturated heterocycles. The van der Waals surface area contributed by atoms with Crippen molar-refractivity contribution < 1.29 is 4.42 Å². The largest absolute Gasteiger partial charge is 0.464 e. The van der Waals surface area contributed by atoms with Crippen LogP contribution in [0, 0.1) is 0 Å². The summed E-state index contributed by atoms with van der Waals surface area (Å²) < 4.78 is 11.0. The van der Waals surface area contributed by atoms with Gasteiger partial charge in [-0.25, -0.2) is 0 Å². The molecule has 0 atom stereocenters. The smallest absolute Gasteiger partial charge is 0.252 e. The Bertz CT molecular complexity index is 5250. The molecule has 0 fully saturated rings. The molecule has 17 aromatic rings. The minimum absolute atomic E-state index is 0.240. The molecule has 92 heavy (non-hydrogen) atoms. The lowest BCUT2D eigenvalue weighted by atomic mass is 9.33. The van der Waals surface area contributed by atoms with Crippen molar-refractivity contribution in [3.8, 4) is 67.0 Å². The fraction of sp³-hybridized carbons (Fsp3) is 0. The minimum atomic E-state index is -0.240. The van der Waals surface area contributed by atoms with E-state index in [1.165, 1.54) is 37.9 Å². The van der Waals surface area contributed by atoms with E-state index in [2.05, 4.69) is 347 Å². The van der Waals surface area contributed by atoms with Crippen LogP contribution in [0.4, 0.5) is 34.1 Å². The van der Waals surface area contributed by atoms with Crippen LogP contribution in [-0.4, -0.2) is 15.8 Å². The molecule has 0 spiro atoms. The number of nitrogens with zero attached hydrogens (tertiary/aromatic N) is 4. The van der Waals surface area contributed by atoms with E-state index in [1.54, 1.807) is 6.26 Å². The van der Waals surface area contributed by atoms with E-state index >= 15 is 0 Å². The van der Waals surface area contributed by atoms with Crippen molar-refractivity contribution >= 4 is 112 Å². The van der Waals surface area contributed by atoms with Crippen LogP contribution in [0.1, 0.15) is 0 Å². The second kappa shape index (κ2) is 20.7. The van der Waals surface area contributed by atoms with Crippen molar-refractivity contribution in [2.45, 2.75) is 0 Å². The van der Waals surface area contributed by atoms with Gasteiger partial charge in [-0.05, 0) is 129 Å². The van der Waals surface area contributed by atoms with Crippen LogP contribution in [0.15, 0.2) is 338 Å². The molecule has 5 nitrogen and oxygen atoms in total. The number of furan rings is 1. The first-order chi connectivity index (χ1) is 45.7. The third kappa shape index (κ3) is 7.93. The van der Waals surface area contributed by atoms with Gasteiger partial charge in [0.2, 0.25) is 0 Å². The highest BCUT2D eigenvalue weighted by Crippen LogP contribution is 2.54. The Hall–Kier alpha value is -12.1. The van der Waals surface area contributed by atoms with E-state index < -0.39 is 0 Å². The Kier molecular flexibility index (Phi) is 11.7. The molecule has 2 aliphatic heterocycles. The van der Waals surface area contributed by atoms with Gasteiger partial charge in [0.1, 0.15) is 5.58 Å². The lowest BCUT2D eigenvalue weighted by molar-refractivity contribution is 0.616. The number of benzene rings is 14.